The Kier molecular flexibility index (Phi) is 3.64. The number of nitrogen functional groups attached to an aromatic ring is 1. The van der Waals surface area contributed by atoms with Gasteiger partial charge < -0.3 is 15.8 Å². The number of benzene rings is 1. The highest BCUT2D eigenvalue weighted by molar-refractivity contribution is 5.93. The minimum absolute atomic E-state index is 0.0701. The molecule has 1 aromatic carbocycles. The predicted molar refractivity (Wildman–Crippen MR) is 67.8 cm³/mol. The monoisotopic (exact) mass is 234 g/mol. The van der Waals surface area contributed by atoms with E-state index in [4.69, 9.17) is 10.5 Å². The lowest BCUT2D eigenvalue weighted by molar-refractivity contribution is -0.122. The molecule has 1 fully saturated rings. The maximum Gasteiger partial charge on any atom is 0.227 e. The van der Waals surface area contributed by atoms with Gasteiger partial charge in [0, 0.05) is 30.5 Å². The maximum absolute atomic E-state index is 12.0. The third kappa shape index (κ3) is 2.97. The van der Waals surface area contributed by atoms with Crippen LogP contribution in [0.4, 0.5) is 11.4 Å². The molecule has 4 heteroatoms. The first-order chi connectivity index (χ1) is 8.16. The zero-order valence-electron chi connectivity index (χ0n) is 10.0. The second-order valence-corrected chi connectivity index (χ2v) is 4.45. The third-order valence-corrected chi connectivity index (χ3v) is 3.10. The van der Waals surface area contributed by atoms with Gasteiger partial charge in [0.2, 0.25) is 5.91 Å². The Morgan fingerprint density at radius 3 is 2.76 bits per heavy atom. The first-order valence-corrected chi connectivity index (χ1v) is 5.91. The molecule has 1 amide bonds. The Morgan fingerprint density at radius 1 is 1.41 bits per heavy atom. The summed E-state index contributed by atoms with van der Waals surface area (Å²) in [6.45, 7) is 3.30. The molecule has 0 saturated carbocycles. The van der Waals surface area contributed by atoms with Crippen LogP contribution in [0.2, 0.25) is 0 Å². The molecule has 17 heavy (non-hydrogen) atoms. The molecule has 4 nitrogen and oxygen atoms in total. The maximum atomic E-state index is 12.0. The van der Waals surface area contributed by atoms with Crippen molar-refractivity contribution in [1.82, 2.24) is 0 Å². The number of anilines is 2. The molecule has 0 atom stereocenters. The quantitative estimate of drug-likeness (QED) is 0.769. The van der Waals surface area contributed by atoms with Gasteiger partial charge in [-0.25, -0.2) is 0 Å². The number of nitrogens with two attached hydrogens (primary N) is 1. The number of nitrogens with one attached hydrogen (secondary N) is 1. The minimum Gasteiger partial charge on any atom is -0.399 e. The Morgan fingerprint density at radius 2 is 2.12 bits per heavy atom. The Labute approximate surface area is 101 Å². The third-order valence-electron chi connectivity index (χ3n) is 3.10. The van der Waals surface area contributed by atoms with Crippen LogP contribution >= 0.6 is 0 Å². The fraction of sp³-hybridized carbons (Fsp3) is 0.462. The van der Waals surface area contributed by atoms with Crippen LogP contribution in [0.1, 0.15) is 18.4 Å². The Hall–Kier alpha value is -1.55. The van der Waals surface area contributed by atoms with Crippen LogP contribution in [-0.4, -0.2) is 19.1 Å². The molecular weight excluding hydrogens is 216 g/mol. The van der Waals surface area contributed by atoms with E-state index in [-0.39, 0.29) is 11.8 Å². The standard InChI is InChI=1S/C13H18N2O2/c1-9-8-11(14)2-3-12(9)15-13(16)10-4-6-17-7-5-10/h2-3,8,10H,4-7,14H2,1H3,(H,15,16). The fourth-order valence-corrected chi connectivity index (χ4v) is 2.02. The number of rotatable bonds is 2. The van der Waals surface area contributed by atoms with Crippen LogP contribution in [0.5, 0.6) is 0 Å². The van der Waals surface area contributed by atoms with E-state index in [0.29, 0.717) is 18.9 Å². The van der Waals surface area contributed by atoms with Crippen molar-refractivity contribution in [2.75, 3.05) is 24.3 Å². The van der Waals surface area contributed by atoms with Crippen LogP contribution in [0.3, 0.4) is 0 Å². The van der Waals surface area contributed by atoms with E-state index in [2.05, 4.69) is 5.32 Å². The van der Waals surface area contributed by atoms with Gasteiger partial charge >= 0.3 is 0 Å². The van der Waals surface area contributed by atoms with E-state index in [1.54, 1.807) is 6.07 Å². The van der Waals surface area contributed by atoms with Crippen LogP contribution < -0.4 is 11.1 Å². The number of carbonyl (C=O) groups excluding carboxylic acids is 1. The summed E-state index contributed by atoms with van der Waals surface area (Å²) in [5.74, 6) is 0.155. The molecule has 0 aromatic heterocycles. The summed E-state index contributed by atoms with van der Waals surface area (Å²) in [4.78, 5) is 12.0. The number of hydrogen-bond acceptors (Lipinski definition) is 3. The average molecular weight is 234 g/mol. The van der Waals surface area contributed by atoms with E-state index in [1.807, 2.05) is 19.1 Å². The highest BCUT2D eigenvalue weighted by Crippen LogP contribution is 2.21. The number of hydrogen-bond donors (Lipinski definition) is 2. The van der Waals surface area contributed by atoms with Gasteiger partial charge in [-0.05, 0) is 43.5 Å². The lowest BCUT2D eigenvalue weighted by Crippen LogP contribution is -2.28. The lowest BCUT2D eigenvalue weighted by atomic mass is 9.99. The zero-order chi connectivity index (χ0) is 12.3. The van der Waals surface area contributed by atoms with Gasteiger partial charge in [-0.3, -0.25) is 4.79 Å². The topological polar surface area (TPSA) is 64.3 Å². The molecule has 0 aliphatic carbocycles. The molecule has 1 aromatic rings. The summed E-state index contributed by atoms with van der Waals surface area (Å²) >= 11 is 0. The van der Waals surface area contributed by atoms with Gasteiger partial charge in [0.1, 0.15) is 0 Å². The number of aryl methyl sites for hydroxylation is 1. The van der Waals surface area contributed by atoms with Crippen molar-refractivity contribution in [3.8, 4) is 0 Å². The van der Waals surface area contributed by atoms with Crippen molar-refractivity contribution in [3.63, 3.8) is 0 Å². The van der Waals surface area contributed by atoms with E-state index < -0.39 is 0 Å². The van der Waals surface area contributed by atoms with Gasteiger partial charge in [0.25, 0.3) is 0 Å². The predicted octanol–water partition coefficient (Wildman–Crippen LogP) is 1.94. The van der Waals surface area contributed by atoms with Crippen molar-refractivity contribution >= 4 is 17.3 Å². The zero-order valence-corrected chi connectivity index (χ0v) is 10.0. The molecule has 0 spiro atoms. The van der Waals surface area contributed by atoms with Gasteiger partial charge in [-0.15, -0.1) is 0 Å². The second kappa shape index (κ2) is 5.19. The summed E-state index contributed by atoms with van der Waals surface area (Å²) in [5.41, 5.74) is 8.22. The van der Waals surface area contributed by atoms with E-state index in [1.165, 1.54) is 0 Å². The van der Waals surface area contributed by atoms with Gasteiger partial charge in [-0.1, -0.05) is 0 Å². The molecule has 2 rings (SSSR count). The van der Waals surface area contributed by atoms with Crippen LogP contribution in [0.15, 0.2) is 18.2 Å². The molecule has 92 valence electrons. The van der Waals surface area contributed by atoms with Gasteiger partial charge in [0.15, 0.2) is 0 Å². The van der Waals surface area contributed by atoms with E-state index in [9.17, 15) is 4.79 Å². The van der Waals surface area contributed by atoms with Crippen molar-refractivity contribution in [2.45, 2.75) is 19.8 Å². The summed E-state index contributed by atoms with van der Waals surface area (Å²) in [6, 6.07) is 5.51. The number of amides is 1. The summed E-state index contributed by atoms with van der Waals surface area (Å²) in [7, 11) is 0. The van der Waals surface area contributed by atoms with Crippen molar-refractivity contribution in [2.24, 2.45) is 5.92 Å². The van der Waals surface area contributed by atoms with Crippen LogP contribution in [-0.2, 0) is 9.53 Å². The minimum atomic E-state index is 0.0701. The average Bonchev–Trinajstić information content (AvgIpc) is 2.34. The summed E-state index contributed by atoms with van der Waals surface area (Å²) < 4.78 is 5.24. The molecule has 1 saturated heterocycles. The van der Waals surface area contributed by atoms with Crippen molar-refractivity contribution in [3.05, 3.63) is 23.8 Å². The van der Waals surface area contributed by atoms with Crippen molar-refractivity contribution in [1.29, 1.82) is 0 Å². The molecule has 3 N–H and O–H groups in total. The molecule has 1 aliphatic rings. The highest BCUT2D eigenvalue weighted by atomic mass is 16.5. The van der Waals surface area contributed by atoms with E-state index in [0.717, 1.165) is 24.1 Å². The first kappa shape index (κ1) is 11.9. The summed E-state index contributed by atoms with van der Waals surface area (Å²) in [5, 5.41) is 2.96. The normalized spacial score (nSPS) is 16.8. The van der Waals surface area contributed by atoms with E-state index >= 15 is 0 Å². The second-order valence-electron chi connectivity index (χ2n) is 4.45. The lowest BCUT2D eigenvalue weighted by Gasteiger charge is -2.21. The molecular formula is C13H18N2O2. The molecule has 0 unspecified atom stereocenters. The Bertz CT molecular complexity index is 412. The Balaban J connectivity index is 2.02. The smallest absolute Gasteiger partial charge is 0.227 e. The fourth-order valence-electron chi connectivity index (χ4n) is 2.02. The molecule has 1 heterocycles. The molecule has 0 bridgehead atoms. The number of ether oxygens (including phenoxy) is 1. The van der Waals surface area contributed by atoms with Crippen molar-refractivity contribution < 1.29 is 9.53 Å². The summed E-state index contributed by atoms with van der Waals surface area (Å²) in [6.07, 6.45) is 1.61. The van der Waals surface area contributed by atoms with Gasteiger partial charge in [0.05, 0.1) is 0 Å². The van der Waals surface area contributed by atoms with Crippen LogP contribution in [0, 0.1) is 12.8 Å². The van der Waals surface area contributed by atoms with Crippen LogP contribution in [0.25, 0.3) is 0 Å². The first-order valence-electron chi connectivity index (χ1n) is 5.91. The van der Waals surface area contributed by atoms with Gasteiger partial charge in [-0.2, -0.15) is 0 Å². The molecule has 1 aliphatic heterocycles. The highest BCUT2D eigenvalue weighted by Gasteiger charge is 2.21. The number of carbonyl (C=O) groups is 1. The SMILES string of the molecule is Cc1cc(N)ccc1NC(=O)C1CCOCC1. The molecule has 0 radical (unpaired) electrons. The largest absolute Gasteiger partial charge is 0.399 e.